The van der Waals surface area contributed by atoms with E-state index in [0.717, 1.165) is 6.07 Å². The van der Waals surface area contributed by atoms with E-state index < -0.39 is 39.2 Å². The van der Waals surface area contributed by atoms with Crippen LogP contribution in [0.4, 0.5) is 23.7 Å². The molecule has 3 rings (SSSR count). The van der Waals surface area contributed by atoms with Crippen molar-refractivity contribution in [2.45, 2.75) is 4.90 Å². The lowest BCUT2D eigenvalue weighted by molar-refractivity contribution is 0.184. The van der Waals surface area contributed by atoms with Gasteiger partial charge < -0.3 is 10.2 Å². The number of hydrogen-bond donors (Lipinski definition) is 1. The number of nitrogens with zero attached hydrogens (tertiary/aromatic N) is 2. The Morgan fingerprint density at radius 1 is 0.889 bits per heavy atom. The number of sulfonamides is 1. The van der Waals surface area contributed by atoms with E-state index in [0.29, 0.717) is 6.07 Å². The lowest BCUT2D eigenvalue weighted by Gasteiger charge is -2.34. The molecule has 10 heteroatoms. The summed E-state index contributed by atoms with van der Waals surface area (Å²) < 4.78 is 66.2. The average molecular weight is 399 g/mol. The van der Waals surface area contributed by atoms with Gasteiger partial charge in [0.05, 0.1) is 10.6 Å². The molecular formula is C17H16F3N3O3S. The molecule has 0 unspecified atom stereocenters. The molecule has 0 bridgehead atoms. The monoisotopic (exact) mass is 399 g/mol. The molecule has 1 N–H and O–H groups in total. The highest BCUT2D eigenvalue weighted by atomic mass is 32.2. The first-order valence-corrected chi connectivity index (χ1v) is 9.49. The highest BCUT2D eigenvalue weighted by Crippen LogP contribution is 2.21. The molecule has 0 atom stereocenters. The zero-order chi connectivity index (χ0) is 19.6. The van der Waals surface area contributed by atoms with Crippen molar-refractivity contribution in [3.63, 3.8) is 0 Å². The topological polar surface area (TPSA) is 69.7 Å². The van der Waals surface area contributed by atoms with Gasteiger partial charge in [-0.2, -0.15) is 4.31 Å². The van der Waals surface area contributed by atoms with Crippen molar-refractivity contribution < 1.29 is 26.4 Å². The fourth-order valence-corrected chi connectivity index (χ4v) is 4.13. The van der Waals surface area contributed by atoms with Crippen LogP contribution in [0.2, 0.25) is 0 Å². The summed E-state index contributed by atoms with van der Waals surface area (Å²) in [5, 5.41) is 2.17. The second-order valence-corrected chi connectivity index (χ2v) is 7.80. The van der Waals surface area contributed by atoms with Crippen molar-refractivity contribution in [3.05, 3.63) is 59.9 Å². The van der Waals surface area contributed by atoms with E-state index >= 15 is 0 Å². The number of urea groups is 1. The molecule has 0 aliphatic carbocycles. The third kappa shape index (κ3) is 3.91. The number of anilines is 1. The number of hydrogen-bond acceptors (Lipinski definition) is 3. The Morgan fingerprint density at radius 3 is 2.15 bits per heavy atom. The average Bonchev–Trinajstić information content (AvgIpc) is 2.69. The van der Waals surface area contributed by atoms with Crippen LogP contribution in [0.5, 0.6) is 0 Å². The minimum atomic E-state index is -3.66. The summed E-state index contributed by atoms with van der Waals surface area (Å²) in [5.74, 6) is -4.52. The first kappa shape index (κ1) is 19.2. The summed E-state index contributed by atoms with van der Waals surface area (Å²) in [4.78, 5) is 13.6. The molecule has 2 aromatic rings. The van der Waals surface area contributed by atoms with E-state index in [1.165, 1.54) is 21.3 Å². The van der Waals surface area contributed by atoms with Crippen molar-refractivity contribution in [2.75, 3.05) is 31.5 Å². The van der Waals surface area contributed by atoms with Gasteiger partial charge in [-0.15, -0.1) is 0 Å². The van der Waals surface area contributed by atoms with Gasteiger partial charge >= 0.3 is 6.03 Å². The molecule has 0 spiro atoms. The van der Waals surface area contributed by atoms with E-state index in [9.17, 15) is 26.4 Å². The predicted molar refractivity (Wildman–Crippen MR) is 92.1 cm³/mol. The van der Waals surface area contributed by atoms with Gasteiger partial charge in [0.2, 0.25) is 10.0 Å². The van der Waals surface area contributed by atoms with Crippen molar-refractivity contribution in [3.8, 4) is 0 Å². The molecule has 2 aromatic carbocycles. The molecule has 0 aromatic heterocycles. The number of nitrogens with one attached hydrogen (secondary N) is 1. The standard InChI is InChI=1S/C17H16F3N3O3S/c18-13-6-7-14(16(20)15(13)19)21-17(24)22-8-10-23(11-9-22)27(25,26)12-4-2-1-3-5-12/h1-7H,8-11H2,(H,21,24). The Labute approximate surface area is 154 Å². The van der Waals surface area contributed by atoms with Crippen molar-refractivity contribution in [1.29, 1.82) is 0 Å². The second-order valence-electron chi connectivity index (χ2n) is 5.86. The molecule has 1 heterocycles. The van der Waals surface area contributed by atoms with E-state index in [2.05, 4.69) is 5.32 Å². The molecule has 144 valence electrons. The lowest BCUT2D eigenvalue weighted by Crippen LogP contribution is -2.51. The molecule has 0 radical (unpaired) electrons. The van der Waals surface area contributed by atoms with Crippen LogP contribution in [0.3, 0.4) is 0 Å². The Hall–Kier alpha value is -2.59. The fraction of sp³-hybridized carbons (Fsp3) is 0.235. The van der Waals surface area contributed by atoms with Gasteiger partial charge in [-0.1, -0.05) is 18.2 Å². The van der Waals surface area contributed by atoms with Crippen LogP contribution in [-0.2, 0) is 10.0 Å². The first-order valence-electron chi connectivity index (χ1n) is 8.05. The van der Waals surface area contributed by atoms with Crippen LogP contribution in [0.15, 0.2) is 47.4 Å². The van der Waals surface area contributed by atoms with E-state index in [1.807, 2.05) is 0 Å². The molecule has 2 amide bonds. The maximum Gasteiger partial charge on any atom is 0.322 e. The Morgan fingerprint density at radius 2 is 1.52 bits per heavy atom. The number of carbonyl (C=O) groups is 1. The minimum Gasteiger partial charge on any atom is -0.322 e. The third-order valence-corrected chi connectivity index (χ3v) is 6.10. The van der Waals surface area contributed by atoms with E-state index in [4.69, 9.17) is 0 Å². The summed E-state index contributed by atoms with van der Waals surface area (Å²) in [5.41, 5.74) is -0.488. The van der Waals surface area contributed by atoms with Gasteiger partial charge in [0.1, 0.15) is 0 Å². The number of piperazine rings is 1. The van der Waals surface area contributed by atoms with Gasteiger partial charge in [-0.25, -0.2) is 26.4 Å². The van der Waals surface area contributed by atoms with Crippen LogP contribution in [0.1, 0.15) is 0 Å². The molecule has 1 aliphatic rings. The van der Waals surface area contributed by atoms with Gasteiger partial charge in [0, 0.05) is 26.2 Å². The van der Waals surface area contributed by atoms with Crippen LogP contribution in [0.25, 0.3) is 0 Å². The summed E-state index contributed by atoms with van der Waals surface area (Å²) in [6.07, 6.45) is 0. The molecule has 0 saturated carbocycles. The number of carbonyl (C=O) groups excluding carboxylic acids is 1. The molecular weight excluding hydrogens is 383 g/mol. The summed E-state index contributed by atoms with van der Waals surface area (Å²) >= 11 is 0. The van der Waals surface area contributed by atoms with Crippen LogP contribution in [-0.4, -0.2) is 49.8 Å². The largest absolute Gasteiger partial charge is 0.322 e. The van der Waals surface area contributed by atoms with Crippen LogP contribution in [0, 0.1) is 17.5 Å². The van der Waals surface area contributed by atoms with Crippen LogP contribution < -0.4 is 5.32 Å². The zero-order valence-electron chi connectivity index (χ0n) is 14.0. The third-order valence-electron chi connectivity index (χ3n) is 4.18. The Kier molecular flexibility index (Phi) is 5.38. The summed E-state index contributed by atoms with van der Waals surface area (Å²) in [6.45, 7) is 0.266. The van der Waals surface area contributed by atoms with Crippen LogP contribution >= 0.6 is 0 Å². The zero-order valence-corrected chi connectivity index (χ0v) is 14.8. The number of amides is 2. The summed E-state index contributed by atoms with van der Waals surface area (Å²) in [6, 6.07) is 8.82. The van der Waals surface area contributed by atoms with Gasteiger partial charge in [-0.05, 0) is 24.3 Å². The molecule has 1 saturated heterocycles. The van der Waals surface area contributed by atoms with Crippen molar-refractivity contribution in [2.24, 2.45) is 0 Å². The normalized spacial score (nSPS) is 15.6. The van der Waals surface area contributed by atoms with Crippen molar-refractivity contribution in [1.82, 2.24) is 9.21 Å². The van der Waals surface area contributed by atoms with E-state index in [-0.39, 0.29) is 31.1 Å². The van der Waals surface area contributed by atoms with Crippen molar-refractivity contribution >= 4 is 21.7 Å². The quantitative estimate of drug-likeness (QED) is 0.807. The molecule has 6 nitrogen and oxygen atoms in total. The minimum absolute atomic E-state index is 0.0604. The van der Waals surface area contributed by atoms with Gasteiger partial charge in [-0.3, -0.25) is 0 Å². The number of rotatable bonds is 3. The lowest BCUT2D eigenvalue weighted by atomic mass is 10.3. The number of halogens is 3. The highest BCUT2D eigenvalue weighted by molar-refractivity contribution is 7.89. The molecule has 1 fully saturated rings. The summed E-state index contributed by atoms with van der Waals surface area (Å²) in [7, 11) is -3.66. The van der Waals surface area contributed by atoms with Gasteiger partial charge in [0.15, 0.2) is 17.5 Å². The predicted octanol–water partition coefficient (Wildman–Crippen LogP) is 2.64. The van der Waals surface area contributed by atoms with E-state index in [1.54, 1.807) is 18.2 Å². The maximum absolute atomic E-state index is 13.7. The maximum atomic E-state index is 13.7. The number of benzene rings is 2. The Balaban J connectivity index is 1.64. The molecule has 1 aliphatic heterocycles. The molecule has 27 heavy (non-hydrogen) atoms. The first-order chi connectivity index (χ1) is 12.8. The Bertz CT molecular complexity index is 947. The smallest absolute Gasteiger partial charge is 0.322 e. The van der Waals surface area contributed by atoms with Gasteiger partial charge in [0.25, 0.3) is 0 Å². The second kappa shape index (κ2) is 7.57. The fourth-order valence-electron chi connectivity index (χ4n) is 2.69. The highest BCUT2D eigenvalue weighted by Gasteiger charge is 2.30. The SMILES string of the molecule is O=C(Nc1ccc(F)c(F)c1F)N1CCN(S(=O)(=O)c2ccccc2)CC1.